The number of hydrogen-bond acceptors (Lipinski definition) is 5. The monoisotopic (exact) mass is 335 g/mol. The fraction of sp³-hybridized carbons (Fsp3) is 0.562. The second-order valence-corrected chi connectivity index (χ2v) is 7.83. The number of rotatable bonds is 5. The molecule has 0 radical (unpaired) electrons. The van der Waals surface area contributed by atoms with Crippen molar-refractivity contribution in [1.82, 2.24) is 15.3 Å². The Morgan fingerprint density at radius 2 is 2.23 bits per heavy atom. The third kappa shape index (κ3) is 3.13. The molecule has 0 saturated heterocycles. The van der Waals surface area contributed by atoms with Crippen LogP contribution in [0.3, 0.4) is 0 Å². The Bertz CT molecular complexity index is 711. The van der Waals surface area contributed by atoms with Gasteiger partial charge in [0.1, 0.15) is 15.7 Å². The second-order valence-electron chi connectivity index (χ2n) is 5.78. The molecule has 0 spiro atoms. The zero-order valence-electron chi connectivity index (χ0n) is 13.2. The number of amides is 1. The van der Waals surface area contributed by atoms with E-state index in [0.717, 1.165) is 34.9 Å². The topological polar surface area (TPSA) is 54.9 Å². The third-order valence-electron chi connectivity index (χ3n) is 4.00. The number of fused-ring (bicyclic) bond motifs is 3. The number of aromatic nitrogens is 2. The molecule has 2 aromatic rings. The highest BCUT2D eigenvalue weighted by Crippen LogP contribution is 2.40. The van der Waals surface area contributed by atoms with Crippen molar-refractivity contribution in [2.45, 2.75) is 57.5 Å². The Morgan fingerprint density at radius 1 is 1.41 bits per heavy atom. The molecule has 0 aliphatic heterocycles. The maximum Gasteiger partial charge on any atom is 0.230 e. The van der Waals surface area contributed by atoms with Gasteiger partial charge in [-0.2, -0.15) is 0 Å². The Balaban J connectivity index is 1.82. The first-order valence-electron chi connectivity index (χ1n) is 7.79. The van der Waals surface area contributed by atoms with E-state index in [1.54, 1.807) is 11.3 Å². The van der Waals surface area contributed by atoms with E-state index in [4.69, 9.17) is 0 Å². The van der Waals surface area contributed by atoms with Crippen molar-refractivity contribution in [3.8, 4) is 0 Å². The molecule has 2 aromatic heterocycles. The highest BCUT2D eigenvalue weighted by Gasteiger charge is 2.22. The smallest absolute Gasteiger partial charge is 0.230 e. The number of nitrogens with zero attached hydrogens (tertiary/aromatic N) is 2. The number of nitrogens with one attached hydrogen (secondary N) is 1. The molecule has 22 heavy (non-hydrogen) atoms. The van der Waals surface area contributed by atoms with Crippen LogP contribution in [0.1, 0.15) is 43.0 Å². The highest BCUT2D eigenvalue weighted by molar-refractivity contribution is 8.00. The van der Waals surface area contributed by atoms with Crippen LogP contribution in [-0.2, 0) is 17.6 Å². The minimum atomic E-state index is 0.0793. The first kappa shape index (κ1) is 15.7. The van der Waals surface area contributed by atoms with Crippen LogP contribution in [0.4, 0.5) is 0 Å². The van der Waals surface area contributed by atoms with Crippen LogP contribution in [0, 0.1) is 6.92 Å². The lowest BCUT2D eigenvalue weighted by Gasteiger charge is -2.11. The largest absolute Gasteiger partial charge is 0.353 e. The molecule has 1 aliphatic carbocycles. The van der Waals surface area contributed by atoms with Crippen molar-refractivity contribution in [3.05, 3.63) is 16.3 Å². The summed E-state index contributed by atoms with van der Waals surface area (Å²) < 4.78 is 0. The van der Waals surface area contributed by atoms with Gasteiger partial charge in [0.15, 0.2) is 0 Å². The van der Waals surface area contributed by atoms with Gasteiger partial charge in [0.2, 0.25) is 5.91 Å². The van der Waals surface area contributed by atoms with Crippen molar-refractivity contribution in [2.24, 2.45) is 0 Å². The summed E-state index contributed by atoms with van der Waals surface area (Å²) >= 11 is 3.34. The molecule has 2 heterocycles. The molecule has 1 N–H and O–H groups in total. The third-order valence-corrected chi connectivity index (χ3v) is 6.16. The average molecular weight is 335 g/mol. The molecular formula is C16H21N3OS2. The molecule has 3 rings (SSSR count). The minimum Gasteiger partial charge on any atom is -0.353 e. The van der Waals surface area contributed by atoms with Gasteiger partial charge < -0.3 is 5.32 Å². The molecule has 6 heteroatoms. The van der Waals surface area contributed by atoms with E-state index in [2.05, 4.69) is 22.2 Å². The maximum absolute atomic E-state index is 12.0. The summed E-state index contributed by atoms with van der Waals surface area (Å²) in [6.45, 7) is 6.03. The summed E-state index contributed by atoms with van der Waals surface area (Å²) in [6, 6.07) is 0.227. The molecule has 1 atom stereocenters. The van der Waals surface area contributed by atoms with Crippen LogP contribution in [0.2, 0.25) is 0 Å². The van der Waals surface area contributed by atoms with Gasteiger partial charge in [0.05, 0.1) is 5.75 Å². The van der Waals surface area contributed by atoms with Crippen LogP contribution in [0.5, 0.6) is 0 Å². The molecule has 0 fully saturated rings. The SMILES string of the molecule is CCC(C)NC(=O)CSc1nc(C)nc2sc3c(c12)CCC3. The van der Waals surface area contributed by atoms with Crippen LogP contribution in [-0.4, -0.2) is 27.7 Å². The van der Waals surface area contributed by atoms with Gasteiger partial charge in [-0.25, -0.2) is 9.97 Å². The number of aryl methyl sites for hydroxylation is 3. The summed E-state index contributed by atoms with van der Waals surface area (Å²) in [5.41, 5.74) is 1.42. The van der Waals surface area contributed by atoms with Crippen LogP contribution >= 0.6 is 23.1 Å². The first-order valence-corrected chi connectivity index (χ1v) is 9.59. The molecular weight excluding hydrogens is 314 g/mol. The van der Waals surface area contributed by atoms with E-state index >= 15 is 0 Å². The summed E-state index contributed by atoms with van der Waals surface area (Å²) in [6.07, 6.45) is 4.46. The van der Waals surface area contributed by atoms with Gasteiger partial charge in [-0.15, -0.1) is 11.3 Å². The van der Waals surface area contributed by atoms with Gasteiger partial charge in [-0.05, 0) is 45.1 Å². The van der Waals surface area contributed by atoms with E-state index < -0.39 is 0 Å². The van der Waals surface area contributed by atoms with E-state index in [1.807, 2.05) is 13.8 Å². The second kappa shape index (κ2) is 6.54. The number of hydrogen-bond donors (Lipinski definition) is 1. The zero-order valence-corrected chi connectivity index (χ0v) is 14.9. The fourth-order valence-electron chi connectivity index (χ4n) is 2.72. The molecule has 0 aromatic carbocycles. The van der Waals surface area contributed by atoms with Crippen LogP contribution in [0.15, 0.2) is 5.03 Å². The van der Waals surface area contributed by atoms with Crippen molar-refractivity contribution in [2.75, 3.05) is 5.75 Å². The Morgan fingerprint density at radius 3 is 3.00 bits per heavy atom. The molecule has 4 nitrogen and oxygen atoms in total. The molecule has 1 amide bonds. The standard InChI is InChI=1S/C16H21N3OS2/c1-4-9(2)17-13(20)8-21-15-14-11-6-5-7-12(11)22-16(14)19-10(3)18-15/h9H,4-8H2,1-3H3,(H,17,20). The van der Waals surface area contributed by atoms with E-state index in [0.29, 0.717) is 5.75 Å². The zero-order chi connectivity index (χ0) is 15.7. The molecule has 118 valence electrons. The van der Waals surface area contributed by atoms with Gasteiger partial charge in [-0.3, -0.25) is 4.79 Å². The lowest BCUT2D eigenvalue weighted by atomic mass is 10.2. The van der Waals surface area contributed by atoms with E-state index in [1.165, 1.54) is 34.0 Å². The van der Waals surface area contributed by atoms with Crippen molar-refractivity contribution in [3.63, 3.8) is 0 Å². The number of thioether (sulfide) groups is 1. The maximum atomic E-state index is 12.0. The lowest BCUT2D eigenvalue weighted by molar-refractivity contribution is -0.119. The lowest BCUT2D eigenvalue weighted by Crippen LogP contribution is -2.33. The molecule has 0 saturated carbocycles. The number of thiophene rings is 1. The van der Waals surface area contributed by atoms with E-state index in [-0.39, 0.29) is 11.9 Å². The predicted octanol–water partition coefficient (Wildman–Crippen LogP) is 3.50. The average Bonchev–Trinajstić information content (AvgIpc) is 3.04. The van der Waals surface area contributed by atoms with Crippen LogP contribution in [0.25, 0.3) is 10.2 Å². The number of carbonyl (C=O) groups is 1. The van der Waals surface area contributed by atoms with Crippen molar-refractivity contribution in [1.29, 1.82) is 0 Å². The van der Waals surface area contributed by atoms with Gasteiger partial charge in [0.25, 0.3) is 0 Å². The summed E-state index contributed by atoms with van der Waals surface area (Å²) in [5.74, 6) is 1.29. The van der Waals surface area contributed by atoms with Gasteiger partial charge in [-0.1, -0.05) is 18.7 Å². The quantitative estimate of drug-likeness (QED) is 0.671. The summed E-state index contributed by atoms with van der Waals surface area (Å²) in [7, 11) is 0. The Hall–Kier alpha value is -1.14. The van der Waals surface area contributed by atoms with Gasteiger partial charge >= 0.3 is 0 Å². The van der Waals surface area contributed by atoms with Crippen molar-refractivity contribution >= 4 is 39.2 Å². The normalized spacial score (nSPS) is 15.0. The molecule has 0 bridgehead atoms. The Kier molecular flexibility index (Phi) is 4.68. The predicted molar refractivity (Wildman–Crippen MR) is 92.8 cm³/mol. The Labute approximate surface area is 139 Å². The summed E-state index contributed by atoms with van der Waals surface area (Å²) in [4.78, 5) is 23.7. The fourth-order valence-corrected chi connectivity index (χ4v) is 5.00. The number of carbonyl (C=O) groups excluding carboxylic acids is 1. The molecule has 1 aliphatic rings. The van der Waals surface area contributed by atoms with E-state index in [9.17, 15) is 4.79 Å². The highest BCUT2D eigenvalue weighted by atomic mass is 32.2. The first-order chi connectivity index (χ1) is 10.6. The van der Waals surface area contributed by atoms with Crippen molar-refractivity contribution < 1.29 is 4.79 Å². The summed E-state index contributed by atoms with van der Waals surface area (Å²) in [5, 5.41) is 5.18. The van der Waals surface area contributed by atoms with Gasteiger partial charge in [0, 0.05) is 16.3 Å². The van der Waals surface area contributed by atoms with Crippen LogP contribution < -0.4 is 5.32 Å². The minimum absolute atomic E-state index is 0.0793. The molecule has 1 unspecified atom stereocenters.